The highest BCUT2D eigenvalue weighted by molar-refractivity contribution is 5.87. The van der Waals surface area contributed by atoms with Gasteiger partial charge in [-0.2, -0.15) is 0 Å². The fraction of sp³-hybridized carbons (Fsp3) is 0.769. The molecule has 0 aromatic carbocycles. The van der Waals surface area contributed by atoms with Crippen molar-refractivity contribution in [3.8, 4) is 0 Å². The van der Waals surface area contributed by atoms with Crippen LogP contribution in [0.2, 0.25) is 0 Å². The van der Waals surface area contributed by atoms with Crippen molar-refractivity contribution in [2.75, 3.05) is 0 Å². The topological polar surface area (TPSA) is 26.3 Å². The van der Waals surface area contributed by atoms with Gasteiger partial charge in [0.05, 0.1) is 0 Å². The van der Waals surface area contributed by atoms with Crippen molar-refractivity contribution in [2.45, 2.75) is 52.6 Å². The zero-order chi connectivity index (χ0) is 11.4. The third kappa shape index (κ3) is 3.37. The maximum absolute atomic E-state index is 11.5. The average Bonchev–Trinajstić information content (AvgIpc) is 2.20. The van der Waals surface area contributed by atoms with Gasteiger partial charge in [-0.1, -0.05) is 27.4 Å². The Labute approximate surface area is 92.7 Å². The van der Waals surface area contributed by atoms with E-state index in [0.717, 1.165) is 18.8 Å². The maximum Gasteiger partial charge on any atom is 0.333 e. The first-order chi connectivity index (χ1) is 7.04. The third-order valence-electron chi connectivity index (χ3n) is 3.33. The Morgan fingerprint density at radius 3 is 2.60 bits per heavy atom. The lowest BCUT2D eigenvalue weighted by molar-refractivity contribution is -0.149. The van der Waals surface area contributed by atoms with E-state index in [2.05, 4.69) is 20.4 Å². The van der Waals surface area contributed by atoms with Gasteiger partial charge in [0.25, 0.3) is 0 Å². The van der Waals surface area contributed by atoms with Gasteiger partial charge in [-0.3, -0.25) is 0 Å². The fourth-order valence-electron chi connectivity index (χ4n) is 2.18. The van der Waals surface area contributed by atoms with Crippen LogP contribution in [0.1, 0.15) is 46.5 Å². The molecule has 1 aliphatic rings. The van der Waals surface area contributed by atoms with Crippen LogP contribution in [0.5, 0.6) is 0 Å². The average molecular weight is 210 g/mol. The van der Waals surface area contributed by atoms with E-state index in [4.69, 9.17) is 4.74 Å². The number of rotatable bonds is 3. The number of esters is 1. The Hall–Kier alpha value is -0.790. The molecule has 0 bridgehead atoms. The summed E-state index contributed by atoms with van der Waals surface area (Å²) in [5, 5.41) is 0. The Kier molecular flexibility index (Phi) is 4.37. The van der Waals surface area contributed by atoms with Crippen LogP contribution in [-0.2, 0) is 9.53 Å². The Morgan fingerprint density at radius 1 is 1.40 bits per heavy atom. The molecular weight excluding hydrogens is 188 g/mol. The number of carbonyl (C=O) groups is 1. The molecule has 3 atom stereocenters. The minimum atomic E-state index is -0.205. The van der Waals surface area contributed by atoms with Gasteiger partial charge in [0.1, 0.15) is 6.10 Å². The van der Waals surface area contributed by atoms with Crippen molar-refractivity contribution >= 4 is 5.97 Å². The molecule has 86 valence electrons. The van der Waals surface area contributed by atoms with Crippen molar-refractivity contribution < 1.29 is 9.53 Å². The molecule has 15 heavy (non-hydrogen) atoms. The van der Waals surface area contributed by atoms with Crippen molar-refractivity contribution in [1.29, 1.82) is 0 Å². The highest BCUT2D eigenvalue weighted by atomic mass is 16.5. The highest BCUT2D eigenvalue weighted by Crippen LogP contribution is 2.31. The first kappa shape index (κ1) is 12.3. The van der Waals surface area contributed by atoms with Gasteiger partial charge in [-0.05, 0) is 37.5 Å². The lowest BCUT2D eigenvalue weighted by Crippen LogP contribution is -2.31. The van der Waals surface area contributed by atoms with Crippen molar-refractivity contribution in [3.05, 3.63) is 12.2 Å². The quantitative estimate of drug-likeness (QED) is 0.527. The lowest BCUT2D eigenvalue weighted by atomic mass is 9.81. The monoisotopic (exact) mass is 210 g/mol. The molecule has 0 radical (unpaired) electrons. The highest BCUT2D eigenvalue weighted by Gasteiger charge is 2.28. The van der Waals surface area contributed by atoms with Gasteiger partial charge in [0.2, 0.25) is 0 Å². The smallest absolute Gasteiger partial charge is 0.333 e. The molecule has 0 amide bonds. The SMILES string of the molecule is C=C(CC)C(=O)OC1CCC(C)CC1C. The van der Waals surface area contributed by atoms with E-state index >= 15 is 0 Å². The molecule has 0 N–H and O–H groups in total. The third-order valence-corrected chi connectivity index (χ3v) is 3.33. The van der Waals surface area contributed by atoms with Crippen LogP contribution in [0.15, 0.2) is 12.2 Å². The van der Waals surface area contributed by atoms with E-state index in [0.29, 0.717) is 17.9 Å². The summed E-state index contributed by atoms with van der Waals surface area (Å²) >= 11 is 0. The molecule has 0 aliphatic heterocycles. The minimum absolute atomic E-state index is 0.108. The predicted octanol–water partition coefficient (Wildman–Crippen LogP) is 3.32. The van der Waals surface area contributed by atoms with Gasteiger partial charge in [-0.25, -0.2) is 4.79 Å². The van der Waals surface area contributed by atoms with Gasteiger partial charge < -0.3 is 4.74 Å². The summed E-state index contributed by atoms with van der Waals surface area (Å²) in [5.41, 5.74) is 0.584. The molecule has 1 aliphatic carbocycles. The Bertz CT molecular complexity index is 245. The first-order valence-corrected chi connectivity index (χ1v) is 5.93. The van der Waals surface area contributed by atoms with Crippen LogP contribution in [-0.4, -0.2) is 12.1 Å². The summed E-state index contributed by atoms with van der Waals surface area (Å²) in [5.74, 6) is 1.05. The van der Waals surface area contributed by atoms with Gasteiger partial charge in [0.15, 0.2) is 0 Å². The van der Waals surface area contributed by atoms with E-state index in [1.54, 1.807) is 0 Å². The fourth-order valence-corrected chi connectivity index (χ4v) is 2.18. The number of hydrogen-bond donors (Lipinski definition) is 0. The summed E-state index contributed by atoms with van der Waals surface area (Å²) in [6.07, 6.45) is 4.12. The standard InChI is InChI=1S/C13H22O2/c1-5-10(3)13(14)15-12-7-6-9(2)8-11(12)4/h9,11-12H,3,5-8H2,1-2,4H3. The van der Waals surface area contributed by atoms with E-state index in [1.165, 1.54) is 6.42 Å². The molecule has 1 saturated carbocycles. The summed E-state index contributed by atoms with van der Waals surface area (Å²) < 4.78 is 5.47. The van der Waals surface area contributed by atoms with Gasteiger partial charge >= 0.3 is 5.97 Å². The molecular formula is C13H22O2. The zero-order valence-corrected chi connectivity index (χ0v) is 10.1. The van der Waals surface area contributed by atoms with Gasteiger partial charge in [-0.15, -0.1) is 0 Å². The Morgan fingerprint density at radius 2 is 2.07 bits per heavy atom. The van der Waals surface area contributed by atoms with Crippen molar-refractivity contribution in [3.63, 3.8) is 0 Å². The zero-order valence-electron chi connectivity index (χ0n) is 10.1. The number of carbonyl (C=O) groups excluding carboxylic acids is 1. The predicted molar refractivity (Wildman–Crippen MR) is 61.5 cm³/mol. The number of hydrogen-bond acceptors (Lipinski definition) is 2. The largest absolute Gasteiger partial charge is 0.459 e. The summed E-state index contributed by atoms with van der Waals surface area (Å²) in [7, 11) is 0. The second-order valence-corrected chi connectivity index (χ2v) is 4.80. The summed E-state index contributed by atoms with van der Waals surface area (Å²) in [4.78, 5) is 11.5. The number of ether oxygens (including phenoxy) is 1. The molecule has 0 aromatic rings. The molecule has 0 heterocycles. The van der Waals surface area contributed by atoms with Crippen LogP contribution in [0.4, 0.5) is 0 Å². The molecule has 2 heteroatoms. The van der Waals surface area contributed by atoms with Crippen LogP contribution in [0.25, 0.3) is 0 Å². The molecule has 0 saturated heterocycles. The first-order valence-electron chi connectivity index (χ1n) is 5.93. The second-order valence-electron chi connectivity index (χ2n) is 4.80. The van der Waals surface area contributed by atoms with Crippen LogP contribution in [0.3, 0.4) is 0 Å². The summed E-state index contributed by atoms with van der Waals surface area (Å²) in [6.45, 7) is 10.1. The lowest BCUT2D eigenvalue weighted by Gasteiger charge is -2.32. The van der Waals surface area contributed by atoms with E-state index in [1.807, 2.05) is 6.92 Å². The van der Waals surface area contributed by atoms with Crippen molar-refractivity contribution in [1.82, 2.24) is 0 Å². The van der Waals surface area contributed by atoms with E-state index in [-0.39, 0.29) is 12.1 Å². The van der Waals surface area contributed by atoms with Crippen molar-refractivity contribution in [2.24, 2.45) is 11.8 Å². The van der Waals surface area contributed by atoms with E-state index < -0.39 is 0 Å². The molecule has 3 unspecified atom stereocenters. The van der Waals surface area contributed by atoms with Crippen LogP contribution in [0, 0.1) is 11.8 Å². The Balaban J connectivity index is 2.45. The molecule has 1 fully saturated rings. The molecule has 0 aromatic heterocycles. The molecule has 0 spiro atoms. The maximum atomic E-state index is 11.5. The second kappa shape index (κ2) is 5.34. The molecule has 1 rings (SSSR count). The van der Waals surface area contributed by atoms with Crippen LogP contribution < -0.4 is 0 Å². The molecule has 2 nitrogen and oxygen atoms in total. The van der Waals surface area contributed by atoms with Crippen LogP contribution >= 0.6 is 0 Å². The normalized spacial score (nSPS) is 31.0. The van der Waals surface area contributed by atoms with Gasteiger partial charge in [0, 0.05) is 5.57 Å². The minimum Gasteiger partial charge on any atom is -0.459 e. The summed E-state index contributed by atoms with van der Waals surface area (Å²) in [6, 6.07) is 0. The van der Waals surface area contributed by atoms with E-state index in [9.17, 15) is 4.79 Å².